The Labute approximate surface area is 187 Å². The van der Waals surface area contributed by atoms with Gasteiger partial charge in [0.25, 0.3) is 5.91 Å². The van der Waals surface area contributed by atoms with Gasteiger partial charge in [-0.3, -0.25) is 14.5 Å². The Morgan fingerprint density at radius 3 is 2.12 bits per heavy atom. The lowest BCUT2D eigenvalue weighted by molar-refractivity contribution is -0.134. The number of aryl methyl sites for hydroxylation is 2. The topological polar surface area (TPSA) is 78.5 Å². The van der Waals surface area contributed by atoms with Gasteiger partial charge >= 0.3 is 6.03 Å². The van der Waals surface area contributed by atoms with Gasteiger partial charge in [-0.2, -0.15) is 0 Å². The van der Waals surface area contributed by atoms with Crippen molar-refractivity contribution in [3.05, 3.63) is 101 Å². The summed E-state index contributed by atoms with van der Waals surface area (Å²) in [5, 5.41) is 5.67. The molecule has 1 heterocycles. The number of benzene rings is 3. The molecule has 0 aliphatic carbocycles. The molecular weight excluding hydrogens is 402 g/mol. The number of hydrogen-bond donors (Lipinski definition) is 2. The molecule has 6 nitrogen and oxygen atoms in total. The molecule has 0 unspecified atom stereocenters. The highest BCUT2D eigenvalue weighted by molar-refractivity contribution is 6.10. The van der Waals surface area contributed by atoms with Gasteiger partial charge < -0.3 is 10.6 Å². The second-order valence-electron chi connectivity index (χ2n) is 8.18. The fourth-order valence-electron chi connectivity index (χ4n) is 4.20. The number of urea groups is 1. The number of imide groups is 1. The molecule has 1 aliphatic rings. The molecule has 0 aromatic heterocycles. The molecule has 0 spiro atoms. The van der Waals surface area contributed by atoms with E-state index in [1.165, 1.54) is 0 Å². The van der Waals surface area contributed by atoms with Crippen LogP contribution in [-0.2, 0) is 21.5 Å². The van der Waals surface area contributed by atoms with Gasteiger partial charge in [-0.15, -0.1) is 0 Å². The van der Waals surface area contributed by atoms with Crippen LogP contribution in [0.5, 0.6) is 0 Å². The molecule has 32 heavy (non-hydrogen) atoms. The molecule has 1 fully saturated rings. The summed E-state index contributed by atoms with van der Waals surface area (Å²) < 4.78 is 0. The van der Waals surface area contributed by atoms with E-state index in [1.807, 2.05) is 92.7 Å². The number of rotatable bonds is 6. The highest BCUT2D eigenvalue weighted by atomic mass is 16.2. The van der Waals surface area contributed by atoms with Gasteiger partial charge in [-0.1, -0.05) is 66.7 Å². The fourth-order valence-corrected chi connectivity index (χ4v) is 4.20. The van der Waals surface area contributed by atoms with Gasteiger partial charge in [0.2, 0.25) is 5.91 Å². The number of nitrogens with one attached hydrogen (secondary N) is 2. The zero-order valence-electron chi connectivity index (χ0n) is 18.1. The zero-order valence-corrected chi connectivity index (χ0v) is 18.1. The van der Waals surface area contributed by atoms with Crippen LogP contribution in [0.3, 0.4) is 0 Å². The number of carbonyl (C=O) groups excluding carboxylic acids is 3. The SMILES string of the molecule is Cc1cc(C)cc(NC(=O)CN2C(=O)N[C@@](Cc3ccccc3)(c3ccccc3)C2=O)c1. The minimum Gasteiger partial charge on any atom is -0.325 e. The van der Waals surface area contributed by atoms with E-state index in [0.717, 1.165) is 21.6 Å². The molecule has 0 radical (unpaired) electrons. The molecule has 3 aromatic carbocycles. The van der Waals surface area contributed by atoms with Crippen molar-refractivity contribution in [2.24, 2.45) is 0 Å². The summed E-state index contributed by atoms with van der Waals surface area (Å²) in [7, 11) is 0. The number of carbonyl (C=O) groups is 3. The first-order valence-electron chi connectivity index (χ1n) is 10.5. The Morgan fingerprint density at radius 2 is 1.50 bits per heavy atom. The normalized spacial score (nSPS) is 17.9. The van der Waals surface area contributed by atoms with Crippen molar-refractivity contribution in [2.75, 3.05) is 11.9 Å². The van der Waals surface area contributed by atoms with E-state index in [-0.39, 0.29) is 13.0 Å². The third-order valence-electron chi connectivity index (χ3n) is 5.56. The van der Waals surface area contributed by atoms with E-state index in [4.69, 9.17) is 0 Å². The first kappa shape index (κ1) is 21.3. The predicted molar refractivity (Wildman–Crippen MR) is 123 cm³/mol. The molecule has 4 amide bonds. The summed E-state index contributed by atoms with van der Waals surface area (Å²) >= 11 is 0. The molecule has 1 aliphatic heterocycles. The van der Waals surface area contributed by atoms with E-state index in [9.17, 15) is 14.4 Å². The Hall–Kier alpha value is -3.93. The van der Waals surface area contributed by atoms with Gasteiger partial charge in [0.1, 0.15) is 6.54 Å². The average molecular weight is 428 g/mol. The van der Waals surface area contributed by atoms with Crippen molar-refractivity contribution in [2.45, 2.75) is 25.8 Å². The Bertz CT molecular complexity index is 1140. The number of amides is 4. The summed E-state index contributed by atoms with van der Waals surface area (Å²) in [5.41, 5.74) is 2.99. The minimum absolute atomic E-state index is 0.289. The lowest BCUT2D eigenvalue weighted by atomic mass is 9.83. The van der Waals surface area contributed by atoms with E-state index < -0.39 is 23.4 Å². The summed E-state index contributed by atoms with van der Waals surface area (Å²) in [6.45, 7) is 3.52. The van der Waals surface area contributed by atoms with Crippen molar-refractivity contribution in [1.82, 2.24) is 10.2 Å². The van der Waals surface area contributed by atoms with E-state index >= 15 is 0 Å². The van der Waals surface area contributed by atoms with Crippen molar-refractivity contribution in [1.29, 1.82) is 0 Å². The molecule has 162 valence electrons. The van der Waals surface area contributed by atoms with Crippen LogP contribution >= 0.6 is 0 Å². The van der Waals surface area contributed by atoms with E-state index in [1.54, 1.807) is 0 Å². The summed E-state index contributed by atoms with van der Waals surface area (Å²) in [6, 6.07) is 23.8. The molecule has 0 saturated carbocycles. The van der Waals surface area contributed by atoms with E-state index in [0.29, 0.717) is 11.3 Å². The monoisotopic (exact) mass is 427 g/mol. The fraction of sp³-hybridized carbons (Fsp3) is 0.192. The Morgan fingerprint density at radius 1 is 0.906 bits per heavy atom. The van der Waals surface area contributed by atoms with Gasteiger partial charge in [0.05, 0.1) is 0 Å². The highest BCUT2D eigenvalue weighted by Gasteiger charge is 2.52. The Balaban J connectivity index is 1.60. The average Bonchev–Trinajstić information content (AvgIpc) is 2.99. The highest BCUT2D eigenvalue weighted by Crippen LogP contribution is 2.33. The van der Waals surface area contributed by atoms with Crippen LogP contribution in [0, 0.1) is 13.8 Å². The first-order chi connectivity index (χ1) is 15.4. The lowest BCUT2D eigenvalue weighted by Gasteiger charge is -2.27. The molecule has 4 rings (SSSR count). The molecule has 1 saturated heterocycles. The number of nitrogens with zero attached hydrogens (tertiary/aromatic N) is 1. The molecule has 3 aromatic rings. The molecule has 2 N–H and O–H groups in total. The van der Waals surface area contributed by atoms with Crippen molar-refractivity contribution in [3.8, 4) is 0 Å². The minimum atomic E-state index is -1.26. The largest absolute Gasteiger partial charge is 0.325 e. The predicted octanol–water partition coefficient (Wildman–Crippen LogP) is 3.93. The third-order valence-corrected chi connectivity index (χ3v) is 5.56. The van der Waals surface area contributed by atoms with Crippen LogP contribution in [-0.4, -0.2) is 29.3 Å². The molecule has 6 heteroatoms. The molecule has 0 bridgehead atoms. The van der Waals surface area contributed by atoms with Crippen molar-refractivity contribution >= 4 is 23.5 Å². The van der Waals surface area contributed by atoms with Gasteiger partial charge in [0, 0.05) is 12.1 Å². The molecular formula is C26H25N3O3. The van der Waals surface area contributed by atoms with Crippen LogP contribution in [0.2, 0.25) is 0 Å². The van der Waals surface area contributed by atoms with Gasteiger partial charge in [0.15, 0.2) is 5.54 Å². The second kappa shape index (κ2) is 8.67. The van der Waals surface area contributed by atoms with Crippen LogP contribution in [0.15, 0.2) is 78.9 Å². The summed E-state index contributed by atoms with van der Waals surface area (Å²) in [5.74, 6) is -0.866. The van der Waals surface area contributed by atoms with Crippen LogP contribution in [0.25, 0.3) is 0 Å². The smallest absolute Gasteiger partial charge is 0.325 e. The Kier molecular flexibility index (Phi) is 5.77. The summed E-state index contributed by atoms with van der Waals surface area (Å²) in [6.07, 6.45) is 0.289. The van der Waals surface area contributed by atoms with Crippen LogP contribution in [0.1, 0.15) is 22.3 Å². The van der Waals surface area contributed by atoms with E-state index in [2.05, 4.69) is 10.6 Å². The molecule has 1 atom stereocenters. The number of anilines is 1. The standard InChI is InChI=1S/C26H25N3O3/c1-18-13-19(2)15-22(14-18)27-23(30)17-29-24(31)26(28-25(29)32,21-11-7-4-8-12-21)16-20-9-5-3-6-10-20/h3-15H,16-17H2,1-2H3,(H,27,30)(H,28,32)/t26-/m0/s1. The van der Waals surface area contributed by atoms with Crippen LogP contribution < -0.4 is 10.6 Å². The van der Waals surface area contributed by atoms with Gasteiger partial charge in [-0.25, -0.2) is 4.79 Å². The van der Waals surface area contributed by atoms with Crippen molar-refractivity contribution < 1.29 is 14.4 Å². The van der Waals surface area contributed by atoms with Crippen molar-refractivity contribution in [3.63, 3.8) is 0 Å². The first-order valence-corrected chi connectivity index (χ1v) is 10.5. The summed E-state index contributed by atoms with van der Waals surface area (Å²) in [4.78, 5) is 40.2. The zero-order chi connectivity index (χ0) is 22.7. The van der Waals surface area contributed by atoms with Gasteiger partial charge in [-0.05, 0) is 48.2 Å². The quantitative estimate of drug-likeness (QED) is 0.585. The second-order valence-corrected chi connectivity index (χ2v) is 8.18. The van der Waals surface area contributed by atoms with Crippen LogP contribution in [0.4, 0.5) is 10.5 Å². The third kappa shape index (κ3) is 4.25. The number of hydrogen-bond acceptors (Lipinski definition) is 3. The maximum atomic E-state index is 13.6. The lowest BCUT2D eigenvalue weighted by Crippen LogP contribution is -2.46. The maximum Gasteiger partial charge on any atom is 0.325 e. The maximum absolute atomic E-state index is 13.6.